The summed E-state index contributed by atoms with van der Waals surface area (Å²) in [6, 6.07) is 0.876. The monoisotopic (exact) mass is 347 g/mol. The maximum atomic E-state index is 2.39. The highest BCUT2D eigenvalue weighted by atomic mass is 35.5. The van der Waals surface area contributed by atoms with Crippen LogP contribution in [0.5, 0.6) is 0 Å². The number of rotatable bonds is 16. The Hall–Kier alpha value is 0.250. The van der Waals surface area contributed by atoms with Crippen LogP contribution >= 0.6 is 0 Å². The van der Waals surface area contributed by atoms with E-state index in [1.807, 2.05) is 0 Å². The van der Waals surface area contributed by atoms with Gasteiger partial charge in [-0.2, -0.15) is 0 Å². The molecule has 23 heavy (non-hydrogen) atoms. The van der Waals surface area contributed by atoms with Gasteiger partial charge < -0.3 is 16.9 Å². The fourth-order valence-electron chi connectivity index (χ4n) is 3.42. The van der Waals surface area contributed by atoms with Crippen molar-refractivity contribution in [3.05, 3.63) is 0 Å². The lowest BCUT2D eigenvalue weighted by molar-refractivity contribution is -0.896. The van der Waals surface area contributed by atoms with Crippen molar-refractivity contribution in [3.63, 3.8) is 0 Å². The first-order valence-electron chi connectivity index (χ1n) is 10.3. The second-order valence-corrected chi connectivity index (χ2v) is 8.24. The molecule has 0 aromatic rings. The van der Waals surface area contributed by atoms with Crippen LogP contribution in [0.1, 0.15) is 110 Å². The van der Waals surface area contributed by atoms with Crippen molar-refractivity contribution in [1.82, 2.24) is 0 Å². The summed E-state index contributed by atoms with van der Waals surface area (Å²) in [5, 5.41) is 0. The molecule has 0 aliphatic carbocycles. The van der Waals surface area contributed by atoms with Gasteiger partial charge in [0.1, 0.15) is 0 Å². The first-order chi connectivity index (χ1) is 10.5. The largest absolute Gasteiger partial charge is 1.00 e. The third-order valence-electron chi connectivity index (χ3n) is 5.13. The Morgan fingerprint density at radius 2 is 0.826 bits per heavy atom. The summed E-state index contributed by atoms with van der Waals surface area (Å²) in [6.45, 7) is 4.60. The molecular formula is C21H46ClN. The molecule has 0 bridgehead atoms. The van der Waals surface area contributed by atoms with E-state index in [9.17, 15) is 0 Å². The fraction of sp³-hybridized carbons (Fsp3) is 1.00. The second kappa shape index (κ2) is 17.1. The van der Waals surface area contributed by atoms with Crippen molar-refractivity contribution in [1.29, 1.82) is 0 Å². The van der Waals surface area contributed by atoms with Gasteiger partial charge in [-0.15, -0.1) is 0 Å². The molecule has 0 aliphatic rings. The second-order valence-electron chi connectivity index (χ2n) is 8.24. The van der Waals surface area contributed by atoms with Gasteiger partial charge in [0.05, 0.1) is 27.2 Å². The van der Waals surface area contributed by atoms with E-state index in [0.717, 1.165) is 10.5 Å². The smallest absolute Gasteiger partial charge is 0.0884 e. The molecule has 0 rings (SSSR count). The minimum atomic E-state index is 0. The van der Waals surface area contributed by atoms with Gasteiger partial charge in [-0.1, -0.05) is 84.5 Å². The molecule has 142 valence electrons. The van der Waals surface area contributed by atoms with Gasteiger partial charge in [-0.05, 0) is 25.7 Å². The summed E-state index contributed by atoms with van der Waals surface area (Å²) in [7, 11) is 7.16. The first kappa shape index (κ1) is 25.5. The molecule has 0 aromatic heterocycles. The van der Waals surface area contributed by atoms with Crippen molar-refractivity contribution in [2.75, 3.05) is 21.1 Å². The van der Waals surface area contributed by atoms with E-state index in [1.165, 1.54) is 96.3 Å². The lowest BCUT2D eigenvalue weighted by Crippen LogP contribution is -3.00. The van der Waals surface area contributed by atoms with Crippen molar-refractivity contribution in [2.24, 2.45) is 0 Å². The summed E-state index contributed by atoms with van der Waals surface area (Å²) in [6.07, 6.45) is 21.5. The molecule has 0 aliphatic heterocycles. The van der Waals surface area contributed by atoms with Crippen LogP contribution in [0, 0.1) is 0 Å². The molecule has 0 saturated carbocycles. The Kier molecular flexibility index (Phi) is 18.9. The van der Waals surface area contributed by atoms with E-state index < -0.39 is 0 Å². The molecule has 0 spiro atoms. The Balaban J connectivity index is 0. The zero-order chi connectivity index (χ0) is 16.7. The highest BCUT2D eigenvalue weighted by Crippen LogP contribution is 2.20. The number of halogens is 1. The first-order valence-corrected chi connectivity index (χ1v) is 10.3. The normalized spacial score (nSPS) is 12.9. The third kappa shape index (κ3) is 16.9. The maximum Gasteiger partial charge on any atom is 0.0884 e. The Morgan fingerprint density at radius 3 is 1.17 bits per heavy atom. The molecule has 0 aromatic carbocycles. The highest BCUT2D eigenvalue weighted by molar-refractivity contribution is 4.60. The number of nitrogens with zero attached hydrogens (tertiary/aromatic N) is 1. The van der Waals surface area contributed by atoms with E-state index in [4.69, 9.17) is 0 Å². The van der Waals surface area contributed by atoms with Crippen molar-refractivity contribution >= 4 is 0 Å². The summed E-state index contributed by atoms with van der Waals surface area (Å²) >= 11 is 0. The quantitative estimate of drug-likeness (QED) is 0.293. The van der Waals surface area contributed by atoms with Gasteiger partial charge >= 0.3 is 0 Å². The van der Waals surface area contributed by atoms with Crippen molar-refractivity contribution in [2.45, 2.75) is 116 Å². The number of hydrogen-bond acceptors (Lipinski definition) is 0. The molecule has 1 nitrogen and oxygen atoms in total. The summed E-state index contributed by atoms with van der Waals surface area (Å²) in [5.41, 5.74) is 0. The Labute approximate surface area is 154 Å². The lowest BCUT2D eigenvalue weighted by atomic mass is 9.98. The number of hydrogen-bond donors (Lipinski definition) is 0. The zero-order valence-electron chi connectivity index (χ0n) is 17.0. The molecule has 1 atom stereocenters. The molecule has 1 unspecified atom stereocenters. The molecule has 0 fully saturated rings. The summed E-state index contributed by atoms with van der Waals surface area (Å²) in [4.78, 5) is 0. The summed E-state index contributed by atoms with van der Waals surface area (Å²) in [5.74, 6) is 0. The number of quaternary nitrogens is 1. The Bertz CT molecular complexity index is 222. The van der Waals surface area contributed by atoms with E-state index in [-0.39, 0.29) is 12.4 Å². The molecular weight excluding hydrogens is 302 g/mol. The predicted molar refractivity (Wildman–Crippen MR) is 102 cm³/mol. The maximum absolute atomic E-state index is 2.39. The van der Waals surface area contributed by atoms with Crippen LogP contribution in [0.2, 0.25) is 0 Å². The van der Waals surface area contributed by atoms with Gasteiger partial charge in [-0.25, -0.2) is 0 Å². The average Bonchev–Trinajstić information content (AvgIpc) is 2.46. The van der Waals surface area contributed by atoms with Crippen LogP contribution in [0.4, 0.5) is 0 Å². The van der Waals surface area contributed by atoms with Gasteiger partial charge in [0, 0.05) is 0 Å². The van der Waals surface area contributed by atoms with Crippen LogP contribution in [-0.2, 0) is 0 Å². The molecule has 0 N–H and O–H groups in total. The molecule has 0 amide bonds. The highest BCUT2D eigenvalue weighted by Gasteiger charge is 2.22. The van der Waals surface area contributed by atoms with E-state index >= 15 is 0 Å². The van der Waals surface area contributed by atoms with E-state index in [0.29, 0.717) is 0 Å². The molecule has 2 heteroatoms. The van der Waals surface area contributed by atoms with Gasteiger partial charge in [0.25, 0.3) is 0 Å². The van der Waals surface area contributed by atoms with Crippen LogP contribution in [0.15, 0.2) is 0 Å². The topological polar surface area (TPSA) is 0 Å². The van der Waals surface area contributed by atoms with E-state index in [2.05, 4.69) is 35.0 Å². The van der Waals surface area contributed by atoms with Crippen molar-refractivity contribution < 1.29 is 16.9 Å². The van der Waals surface area contributed by atoms with Crippen molar-refractivity contribution in [3.8, 4) is 0 Å². The SMILES string of the molecule is CCCCCCCCCCCC(CCCCCC)[N+](C)(C)C.[Cl-]. The van der Waals surface area contributed by atoms with Gasteiger partial charge in [-0.3, -0.25) is 0 Å². The van der Waals surface area contributed by atoms with E-state index in [1.54, 1.807) is 0 Å². The number of unbranched alkanes of at least 4 members (excludes halogenated alkanes) is 11. The van der Waals surface area contributed by atoms with Crippen LogP contribution in [-0.4, -0.2) is 31.7 Å². The summed E-state index contributed by atoms with van der Waals surface area (Å²) < 4.78 is 1.16. The molecule has 0 radical (unpaired) electrons. The third-order valence-corrected chi connectivity index (χ3v) is 5.13. The lowest BCUT2D eigenvalue weighted by Gasteiger charge is -2.34. The van der Waals surface area contributed by atoms with Crippen LogP contribution in [0.25, 0.3) is 0 Å². The fourth-order valence-corrected chi connectivity index (χ4v) is 3.42. The van der Waals surface area contributed by atoms with Gasteiger partial charge in [0.15, 0.2) is 0 Å². The van der Waals surface area contributed by atoms with Gasteiger partial charge in [0.2, 0.25) is 0 Å². The molecule has 0 saturated heterocycles. The molecule has 0 heterocycles. The minimum Gasteiger partial charge on any atom is -1.00 e. The average molecular weight is 348 g/mol. The predicted octanol–water partition coefficient (Wildman–Crippen LogP) is 3.96. The van der Waals surface area contributed by atoms with Crippen LogP contribution < -0.4 is 12.4 Å². The zero-order valence-corrected chi connectivity index (χ0v) is 17.8. The standard InChI is InChI=1S/C21H46N.ClH/c1-6-8-10-12-13-14-15-16-18-20-21(22(3,4)5)19-17-11-9-7-2;/h21H,6-20H2,1-5H3;1H/q+1;/p-1. The van der Waals surface area contributed by atoms with Crippen LogP contribution in [0.3, 0.4) is 0 Å². The minimum absolute atomic E-state index is 0. The Morgan fingerprint density at radius 1 is 0.522 bits per heavy atom.